The average molecular weight is 337 g/mol. The third-order valence-electron chi connectivity index (χ3n) is 2.99. The topological polar surface area (TPSA) is 90.5 Å². The van der Waals surface area contributed by atoms with Crippen molar-refractivity contribution in [3.8, 4) is 5.82 Å². The van der Waals surface area contributed by atoms with Crippen LogP contribution in [-0.2, 0) is 13.2 Å². The van der Waals surface area contributed by atoms with Gasteiger partial charge in [-0.05, 0) is 18.2 Å². The predicted molar refractivity (Wildman–Crippen MR) is 75.3 cm³/mol. The zero-order valence-electron chi connectivity index (χ0n) is 12.2. The summed E-state index contributed by atoms with van der Waals surface area (Å²) >= 11 is 0. The van der Waals surface area contributed by atoms with Crippen LogP contribution in [0.2, 0.25) is 0 Å². The van der Waals surface area contributed by atoms with Crippen LogP contribution in [0.5, 0.6) is 0 Å². The number of alkyl halides is 3. The van der Waals surface area contributed by atoms with E-state index in [0.29, 0.717) is 5.82 Å². The Morgan fingerprint density at radius 1 is 1.29 bits per heavy atom. The molecule has 0 spiro atoms. The number of hydrogen-bond acceptors (Lipinski definition) is 5. The van der Waals surface area contributed by atoms with Gasteiger partial charge in [-0.3, -0.25) is 10.1 Å². The van der Waals surface area contributed by atoms with Crippen molar-refractivity contribution in [3.05, 3.63) is 48.2 Å². The molecule has 0 atom stereocenters. The maximum Gasteiger partial charge on any atom is 0.453 e. The van der Waals surface area contributed by atoms with Crippen LogP contribution in [0.1, 0.15) is 16.2 Å². The molecule has 8 nitrogen and oxygen atoms in total. The largest absolute Gasteiger partial charge is 0.453 e. The van der Waals surface area contributed by atoms with Gasteiger partial charge in [0.2, 0.25) is 5.95 Å². The number of anilines is 1. The number of pyridine rings is 1. The Morgan fingerprint density at radius 2 is 2.08 bits per heavy atom. The van der Waals surface area contributed by atoms with E-state index in [1.807, 2.05) is 0 Å². The lowest BCUT2D eigenvalue weighted by Crippen LogP contribution is -2.16. The van der Waals surface area contributed by atoms with E-state index in [1.54, 1.807) is 24.5 Å². The number of nitrogens with one attached hydrogen (secondary N) is 1. The lowest BCUT2D eigenvalue weighted by Gasteiger charge is -2.04. The highest BCUT2D eigenvalue weighted by Gasteiger charge is 2.37. The molecule has 3 aromatic heterocycles. The first-order chi connectivity index (χ1) is 11.3. The van der Waals surface area contributed by atoms with Gasteiger partial charge in [0.25, 0.3) is 11.7 Å². The summed E-state index contributed by atoms with van der Waals surface area (Å²) in [5, 5.41) is 9.47. The van der Waals surface area contributed by atoms with Gasteiger partial charge in [0.15, 0.2) is 5.82 Å². The fraction of sp³-hybridized carbons (Fsp3) is 0.154. The molecule has 1 amide bonds. The first-order valence-corrected chi connectivity index (χ1v) is 6.60. The van der Waals surface area contributed by atoms with Gasteiger partial charge in [0.05, 0.1) is 5.56 Å². The second-order valence-electron chi connectivity index (χ2n) is 4.69. The van der Waals surface area contributed by atoms with Crippen LogP contribution in [0, 0.1) is 0 Å². The normalized spacial score (nSPS) is 11.5. The number of hydrogen-bond donors (Lipinski definition) is 1. The number of carbonyl (C=O) groups is 1. The van der Waals surface area contributed by atoms with Gasteiger partial charge in [-0.25, -0.2) is 14.3 Å². The molecule has 0 aliphatic carbocycles. The first-order valence-electron chi connectivity index (χ1n) is 6.60. The van der Waals surface area contributed by atoms with Crippen molar-refractivity contribution in [3.63, 3.8) is 0 Å². The molecule has 3 heterocycles. The van der Waals surface area contributed by atoms with Crippen LogP contribution in [0.3, 0.4) is 0 Å². The minimum Gasteiger partial charge on any atom is -0.291 e. The van der Waals surface area contributed by atoms with Crippen LogP contribution in [0.25, 0.3) is 5.82 Å². The van der Waals surface area contributed by atoms with Gasteiger partial charge >= 0.3 is 6.18 Å². The van der Waals surface area contributed by atoms with Gasteiger partial charge < -0.3 is 0 Å². The van der Waals surface area contributed by atoms with E-state index in [4.69, 9.17) is 0 Å². The van der Waals surface area contributed by atoms with E-state index in [1.165, 1.54) is 24.0 Å². The van der Waals surface area contributed by atoms with Crippen molar-refractivity contribution in [1.82, 2.24) is 29.5 Å². The quantitative estimate of drug-likeness (QED) is 0.785. The van der Waals surface area contributed by atoms with Crippen LogP contribution in [0.15, 0.2) is 36.8 Å². The predicted octanol–water partition coefficient (Wildman–Crippen LogP) is 1.67. The highest BCUT2D eigenvalue weighted by molar-refractivity contribution is 6.03. The zero-order chi connectivity index (χ0) is 17.3. The highest BCUT2D eigenvalue weighted by atomic mass is 19.4. The summed E-state index contributed by atoms with van der Waals surface area (Å²) in [6.45, 7) is 0. The molecule has 124 valence electrons. The van der Waals surface area contributed by atoms with E-state index >= 15 is 0 Å². The molecule has 0 saturated heterocycles. The molecule has 0 aliphatic rings. The Morgan fingerprint density at radius 3 is 2.62 bits per heavy atom. The van der Waals surface area contributed by atoms with Crippen LogP contribution >= 0.6 is 0 Å². The summed E-state index contributed by atoms with van der Waals surface area (Å²) in [6, 6.07) is 4.74. The van der Waals surface area contributed by atoms with E-state index in [0.717, 1.165) is 4.68 Å². The lowest BCUT2D eigenvalue weighted by atomic mass is 10.2. The van der Waals surface area contributed by atoms with Crippen molar-refractivity contribution >= 4 is 11.9 Å². The van der Waals surface area contributed by atoms with Crippen molar-refractivity contribution in [2.24, 2.45) is 7.05 Å². The van der Waals surface area contributed by atoms with Crippen LogP contribution in [0.4, 0.5) is 19.1 Å². The van der Waals surface area contributed by atoms with Gasteiger partial charge in [-0.15, -0.1) is 5.10 Å². The van der Waals surface area contributed by atoms with E-state index < -0.39 is 17.9 Å². The Hall–Kier alpha value is -3.24. The number of halogens is 3. The summed E-state index contributed by atoms with van der Waals surface area (Å²) in [5.74, 6) is -1.80. The fourth-order valence-corrected chi connectivity index (χ4v) is 1.85. The van der Waals surface area contributed by atoms with Crippen molar-refractivity contribution < 1.29 is 18.0 Å². The number of aryl methyl sites for hydroxylation is 1. The van der Waals surface area contributed by atoms with Gasteiger partial charge in [-0.1, -0.05) is 0 Å². The van der Waals surface area contributed by atoms with Gasteiger partial charge in [0.1, 0.15) is 0 Å². The number of aromatic nitrogens is 6. The van der Waals surface area contributed by atoms with Crippen molar-refractivity contribution in [2.45, 2.75) is 6.18 Å². The molecule has 11 heteroatoms. The second kappa shape index (κ2) is 5.76. The molecule has 0 radical (unpaired) electrons. The molecule has 0 bridgehead atoms. The molecule has 3 aromatic rings. The van der Waals surface area contributed by atoms with Gasteiger partial charge in [-0.2, -0.15) is 23.3 Å². The Bertz CT molecular complexity index is 853. The molecule has 1 N–H and O–H groups in total. The zero-order valence-corrected chi connectivity index (χ0v) is 12.2. The number of amides is 1. The molecule has 24 heavy (non-hydrogen) atoms. The minimum absolute atomic E-state index is 0.155. The number of rotatable bonds is 3. The van der Waals surface area contributed by atoms with Crippen LogP contribution in [-0.4, -0.2) is 35.4 Å². The summed E-state index contributed by atoms with van der Waals surface area (Å²) < 4.78 is 40.0. The SMILES string of the molecule is Cn1nc(C(F)(F)F)nc1NC(=O)c1ccc(-n2cccn2)nc1. The van der Waals surface area contributed by atoms with E-state index in [-0.39, 0.29) is 11.5 Å². The molecule has 0 aromatic carbocycles. The average Bonchev–Trinajstić information content (AvgIpc) is 3.17. The minimum atomic E-state index is -4.69. The molecule has 0 fully saturated rings. The third-order valence-corrected chi connectivity index (χ3v) is 2.99. The smallest absolute Gasteiger partial charge is 0.291 e. The first kappa shape index (κ1) is 15.6. The number of carbonyl (C=O) groups excluding carboxylic acids is 1. The fourth-order valence-electron chi connectivity index (χ4n) is 1.85. The van der Waals surface area contributed by atoms with Crippen molar-refractivity contribution in [1.29, 1.82) is 0 Å². The van der Waals surface area contributed by atoms with Crippen LogP contribution < -0.4 is 5.32 Å². The molecule has 0 saturated carbocycles. The molecular weight excluding hydrogens is 327 g/mol. The monoisotopic (exact) mass is 337 g/mol. The van der Waals surface area contributed by atoms with Gasteiger partial charge in [0, 0.05) is 25.6 Å². The summed E-state index contributed by atoms with van der Waals surface area (Å²) in [6.07, 6.45) is -0.143. The van der Waals surface area contributed by atoms with Crippen molar-refractivity contribution in [2.75, 3.05) is 5.32 Å². The Labute approximate surface area is 133 Å². The lowest BCUT2D eigenvalue weighted by molar-refractivity contribution is -0.144. The summed E-state index contributed by atoms with van der Waals surface area (Å²) in [5.41, 5.74) is 0.155. The maximum atomic E-state index is 12.6. The Balaban J connectivity index is 1.77. The molecule has 3 rings (SSSR count). The van der Waals surface area contributed by atoms with E-state index in [9.17, 15) is 18.0 Å². The molecular formula is C13H10F3N7O. The standard InChI is InChI=1S/C13H10F3N7O/c1-22-12(20-11(21-22)13(14,15)16)19-10(24)8-3-4-9(17-7-8)23-6-2-5-18-23/h2-7H,1H3,(H,19,20,21,24). The third kappa shape index (κ3) is 3.09. The van der Waals surface area contributed by atoms with E-state index in [2.05, 4.69) is 25.5 Å². The molecule has 0 aliphatic heterocycles. The molecule has 0 unspecified atom stereocenters. The summed E-state index contributed by atoms with van der Waals surface area (Å²) in [7, 11) is 1.25. The maximum absolute atomic E-state index is 12.6. The Kier molecular flexibility index (Phi) is 3.75. The highest BCUT2D eigenvalue weighted by Crippen LogP contribution is 2.27. The second-order valence-corrected chi connectivity index (χ2v) is 4.69. The number of nitrogens with zero attached hydrogens (tertiary/aromatic N) is 6. The summed E-state index contributed by atoms with van der Waals surface area (Å²) in [4.78, 5) is 19.4.